The number of hydrogen-bond acceptors (Lipinski definition) is 3. The molecule has 1 aliphatic heterocycles. The van der Waals surface area contributed by atoms with Crippen molar-refractivity contribution in [3.63, 3.8) is 0 Å². The topological polar surface area (TPSA) is 86.0 Å². The molecule has 0 spiro atoms. The van der Waals surface area contributed by atoms with E-state index < -0.39 is 11.2 Å². The number of nitrogens with zero attached hydrogens (tertiary/aromatic N) is 1. The van der Waals surface area contributed by atoms with Crippen LogP contribution in [0, 0.1) is 0 Å². The van der Waals surface area contributed by atoms with E-state index in [1.54, 1.807) is 0 Å². The number of aromatic nitrogens is 2. The van der Waals surface area contributed by atoms with Crippen molar-refractivity contribution in [1.82, 2.24) is 14.9 Å². The normalized spacial score (nSPS) is 17.4. The lowest BCUT2D eigenvalue weighted by Gasteiger charge is -2.36. The maximum atomic E-state index is 12.7. The molecule has 1 aliphatic rings. The molecule has 6 heteroatoms. The van der Waals surface area contributed by atoms with Crippen LogP contribution in [0.25, 0.3) is 0 Å². The lowest BCUT2D eigenvalue weighted by atomic mass is 9.95. The van der Waals surface area contributed by atoms with Gasteiger partial charge in [0.2, 0.25) is 5.91 Å². The molecule has 0 aliphatic carbocycles. The molecule has 1 aromatic carbocycles. The van der Waals surface area contributed by atoms with Gasteiger partial charge in [-0.05, 0) is 37.7 Å². The van der Waals surface area contributed by atoms with Crippen LogP contribution in [0.3, 0.4) is 0 Å². The number of nitrogens with one attached hydrogen (secondary N) is 2. The second kappa shape index (κ2) is 7.96. The molecule has 2 heterocycles. The zero-order chi connectivity index (χ0) is 17.6. The van der Waals surface area contributed by atoms with Gasteiger partial charge < -0.3 is 9.88 Å². The quantitative estimate of drug-likeness (QED) is 0.866. The number of H-pyrrole nitrogens is 2. The van der Waals surface area contributed by atoms with E-state index in [1.165, 1.54) is 11.8 Å². The van der Waals surface area contributed by atoms with Gasteiger partial charge in [-0.3, -0.25) is 14.6 Å². The Morgan fingerprint density at radius 1 is 1.16 bits per heavy atom. The second-order valence-corrected chi connectivity index (χ2v) is 6.53. The molecule has 6 nitrogen and oxygen atoms in total. The third kappa shape index (κ3) is 4.47. The summed E-state index contributed by atoms with van der Waals surface area (Å²) in [5.41, 5.74) is 0.532. The summed E-state index contributed by atoms with van der Waals surface area (Å²) in [5, 5.41) is 0. The number of carbonyl (C=O) groups excluding carboxylic acids is 1. The van der Waals surface area contributed by atoms with Gasteiger partial charge in [0.15, 0.2) is 0 Å². The molecule has 0 saturated carbocycles. The summed E-state index contributed by atoms with van der Waals surface area (Å²) < 4.78 is 0. The maximum absolute atomic E-state index is 12.7. The highest BCUT2D eigenvalue weighted by Crippen LogP contribution is 2.22. The third-order valence-corrected chi connectivity index (χ3v) is 4.79. The first-order valence-electron chi connectivity index (χ1n) is 8.78. The number of aromatic amines is 2. The number of amides is 1. The van der Waals surface area contributed by atoms with Crippen LogP contribution < -0.4 is 11.2 Å². The van der Waals surface area contributed by atoms with Gasteiger partial charge in [0.05, 0.1) is 6.42 Å². The Morgan fingerprint density at radius 2 is 1.96 bits per heavy atom. The fourth-order valence-electron chi connectivity index (χ4n) is 3.44. The first-order valence-corrected chi connectivity index (χ1v) is 8.78. The fraction of sp³-hybridized carbons (Fsp3) is 0.421. The molecule has 1 amide bonds. The van der Waals surface area contributed by atoms with E-state index in [1.807, 2.05) is 23.1 Å². The number of benzene rings is 1. The number of hydrogen-bond donors (Lipinski definition) is 2. The van der Waals surface area contributed by atoms with Gasteiger partial charge in [-0.1, -0.05) is 30.3 Å². The average Bonchev–Trinajstić information content (AvgIpc) is 2.63. The third-order valence-electron chi connectivity index (χ3n) is 4.79. The van der Waals surface area contributed by atoms with E-state index in [2.05, 4.69) is 22.1 Å². The van der Waals surface area contributed by atoms with Gasteiger partial charge in [0.25, 0.3) is 5.56 Å². The van der Waals surface area contributed by atoms with Gasteiger partial charge in [-0.15, -0.1) is 0 Å². The zero-order valence-corrected chi connectivity index (χ0v) is 14.2. The van der Waals surface area contributed by atoms with Crippen LogP contribution in [-0.4, -0.2) is 33.4 Å². The van der Waals surface area contributed by atoms with Gasteiger partial charge >= 0.3 is 5.69 Å². The number of carbonyl (C=O) groups is 1. The molecule has 2 aromatic rings. The number of aryl methyl sites for hydroxylation is 1. The maximum Gasteiger partial charge on any atom is 0.325 e. The molecule has 0 radical (unpaired) electrons. The first-order chi connectivity index (χ1) is 12.1. The Balaban J connectivity index is 1.66. The lowest BCUT2D eigenvalue weighted by molar-refractivity contribution is -0.134. The van der Waals surface area contributed by atoms with Gasteiger partial charge in [0, 0.05) is 24.3 Å². The molecular weight excluding hydrogens is 318 g/mol. The summed E-state index contributed by atoms with van der Waals surface area (Å²) in [7, 11) is 0. The average molecular weight is 341 g/mol. The van der Waals surface area contributed by atoms with E-state index in [0.29, 0.717) is 5.56 Å². The Morgan fingerprint density at radius 3 is 2.72 bits per heavy atom. The van der Waals surface area contributed by atoms with Crippen LogP contribution >= 0.6 is 0 Å². The molecule has 1 aromatic heterocycles. The number of piperidine rings is 1. The molecule has 1 unspecified atom stereocenters. The van der Waals surface area contributed by atoms with Crippen molar-refractivity contribution < 1.29 is 4.79 Å². The van der Waals surface area contributed by atoms with Crippen LogP contribution in [0.15, 0.2) is 46.1 Å². The summed E-state index contributed by atoms with van der Waals surface area (Å²) in [6, 6.07) is 10.5. The van der Waals surface area contributed by atoms with Crippen LogP contribution in [0.1, 0.15) is 36.8 Å². The Kier molecular flexibility index (Phi) is 5.48. The van der Waals surface area contributed by atoms with Crippen LogP contribution in [0.5, 0.6) is 0 Å². The Bertz CT molecular complexity index is 826. The highest BCUT2D eigenvalue weighted by Gasteiger charge is 2.26. The molecular formula is C19H23N3O3. The van der Waals surface area contributed by atoms with E-state index in [9.17, 15) is 14.4 Å². The largest absolute Gasteiger partial charge is 0.339 e. The highest BCUT2D eigenvalue weighted by molar-refractivity contribution is 5.79. The summed E-state index contributed by atoms with van der Waals surface area (Å²) in [6.07, 6.45) is 6.35. The van der Waals surface area contributed by atoms with E-state index in [4.69, 9.17) is 0 Å². The van der Waals surface area contributed by atoms with Crippen molar-refractivity contribution in [2.24, 2.45) is 0 Å². The van der Waals surface area contributed by atoms with Crippen molar-refractivity contribution in [1.29, 1.82) is 0 Å². The highest BCUT2D eigenvalue weighted by atomic mass is 16.2. The minimum Gasteiger partial charge on any atom is -0.339 e. The van der Waals surface area contributed by atoms with Crippen LogP contribution in [-0.2, 0) is 17.6 Å². The predicted octanol–water partition coefficient (Wildman–Crippen LogP) is 1.62. The first kappa shape index (κ1) is 17.2. The second-order valence-electron chi connectivity index (χ2n) is 6.53. The van der Waals surface area contributed by atoms with Gasteiger partial charge in [-0.2, -0.15) is 0 Å². The SMILES string of the molecule is O=C(Cc1c[nH]c(=O)[nH]c1=O)N1CCCCC1CCc1ccccc1. The van der Waals surface area contributed by atoms with Gasteiger partial charge in [-0.25, -0.2) is 4.79 Å². The molecule has 132 valence electrons. The van der Waals surface area contributed by atoms with Crippen molar-refractivity contribution >= 4 is 5.91 Å². The minimum absolute atomic E-state index is 0.0218. The molecule has 25 heavy (non-hydrogen) atoms. The van der Waals surface area contributed by atoms with Gasteiger partial charge in [0.1, 0.15) is 0 Å². The van der Waals surface area contributed by atoms with E-state index >= 15 is 0 Å². The summed E-state index contributed by atoms with van der Waals surface area (Å²) >= 11 is 0. The predicted molar refractivity (Wildman–Crippen MR) is 95.5 cm³/mol. The Hall–Kier alpha value is -2.63. The van der Waals surface area contributed by atoms with E-state index in [0.717, 1.165) is 38.6 Å². The smallest absolute Gasteiger partial charge is 0.325 e. The van der Waals surface area contributed by atoms with Crippen molar-refractivity contribution in [3.05, 3.63) is 68.5 Å². The molecule has 1 atom stereocenters. The molecule has 1 saturated heterocycles. The van der Waals surface area contributed by atoms with Crippen LogP contribution in [0.2, 0.25) is 0 Å². The summed E-state index contributed by atoms with van der Waals surface area (Å²) in [5.74, 6) is -0.0460. The monoisotopic (exact) mass is 341 g/mol. The van der Waals surface area contributed by atoms with E-state index in [-0.39, 0.29) is 18.4 Å². The fourth-order valence-corrected chi connectivity index (χ4v) is 3.44. The summed E-state index contributed by atoms with van der Waals surface area (Å²) in [6.45, 7) is 0.736. The Labute approximate surface area is 145 Å². The molecule has 3 rings (SSSR count). The summed E-state index contributed by atoms with van der Waals surface area (Å²) in [4.78, 5) is 42.1. The molecule has 0 bridgehead atoms. The van der Waals surface area contributed by atoms with Crippen molar-refractivity contribution in [2.75, 3.05) is 6.54 Å². The zero-order valence-electron chi connectivity index (χ0n) is 14.2. The number of rotatable bonds is 5. The van der Waals surface area contributed by atoms with Crippen molar-refractivity contribution in [3.8, 4) is 0 Å². The standard InChI is InChI=1S/C19H23N3O3/c23-17(12-15-13-20-19(25)21-18(15)24)22-11-5-4-8-16(22)10-9-14-6-2-1-3-7-14/h1-3,6-7,13,16H,4-5,8-12H2,(H2,20,21,24,25). The molecule has 1 fully saturated rings. The van der Waals surface area contributed by atoms with Crippen molar-refractivity contribution in [2.45, 2.75) is 44.6 Å². The lowest BCUT2D eigenvalue weighted by Crippen LogP contribution is -2.45. The number of likely N-dealkylation sites (tertiary alicyclic amines) is 1. The minimum atomic E-state index is -0.556. The van der Waals surface area contributed by atoms with Crippen LogP contribution in [0.4, 0.5) is 0 Å². The molecule has 2 N–H and O–H groups in total.